The number of nitrogens with zero attached hydrogens (tertiary/aromatic N) is 6. The number of hydrogen-bond donors (Lipinski definition) is 1. The lowest BCUT2D eigenvalue weighted by Gasteiger charge is -2.11. The molecule has 2 heterocycles. The van der Waals surface area contributed by atoms with Crippen LogP contribution in [0.25, 0.3) is 11.1 Å². The molecular formula is C16H15Cl2N7O2. The maximum absolute atomic E-state index is 12.7. The highest BCUT2D eigenvalue weighted by atomic mass is 35.5. The molecule has 27 heavy (non-hydrogen) atoms. The molecule has 2 aromatic heterocycles. The molecule has 0 spiro atoms. The average molecular weight is 408 g/mol. The van der Waals surface area contributed by atoms with Gasteiger partial charge in [-0.3, -0.25) is 14.9 Å². The molecule has 0 aliphatic rings. The van der Waals surface area contributed by atoms with Crippen LogP contribution in [0.15, 0.2) is 29.1 Å². The van der Waals surface area contributed by atoms with Gasteiger partial charge in [-0.05, 0) is 34.5 Å². The Labute approximate surface area is 163 Å². The number of halogens is 2. The second-order valence-electron chi connectivity index (χ2n) is 5.65. The summed E-state index contributed by atoms with van der Waals surface area (Å²) in [4.78, 5) is 25.2. The van der Waals surface area contributed by atoms with E-state index < -0.39 is 11.5 Å². The van der Waals surface area contributed by atoms with Crippen LogP contribution in [0.5, 0.6) is 0 Å². The Hall–Kier alpha value is -2.78. The van der Waals surface area contributed by atoms with Gasteiger partial charge in [-0.1, -0.05) is 47.4 Å². The maximum atomic E-state index is 12.7. The fourth-order valence-electron chi connectivity index (χ4n) is 2.44. The minimum absolute atomic E-state index is 0.0626. The van der Waals surface area contributed by atoms with Crippen LogP contribution in [0.3, 0.4) is 0 Å². The van der Waals surface area contributed by atoms with Crippen LogP contribution in [-0.2, 0) is 13.6 Å². The highest BCUT2D eigenvalue weighted by Gasteiger charge is 2.22. The van der Waals surface area contributed by atoms with Gasteiger partial charge in [-0.25, -0.2) is 9.36 Å². The fourth-order valence-corrected chi connectivity index (χ4v) is 2.88. The van der Waals surface area contributed by atoms with E-state index in [1.165, 1.54) is 11.7 Å². The Morgan fingerprint density at radius 1 is 1.22 bits per heavy atom. The van der Waals surface area contributed by atoms with E-state index >= 15 is 0 Å². The normalized spacial score (nSPS) is 10.8. The average Bonchev–Trinajstić information content (AvgIpc) is 3.07. The predicted octanol–water partition coefficient (Wildman–Crippen LogP) is 2.40. The van der Waals surface area contributed by atoms with Gasteiger partial charge in [-0.2, -0.15) is 5.10 Å². The van der Waals surface area contributed by atoms with E-state index in [1.807, 2.05) is 6.92 Å². The highest BCUT2D eigenvalue weighted by Crippen LogP contribution is 2.27. The zero-order valence-electron chi connectivity index (χ0n) is 14.5. The number of anilines is 1. The van der Waals surface area contributed by atoms with Crippen molar-refractivity contribution in [3.05, 3.63) is 50.4 Å². The van der Waals surface area contributed by atoms with Gasteiger partial charge in [0.15, 0.2) is 5.69 Å². The monoisotopic (exact) mass is 407 g/mol. The van der Waals surface area contributed by atoms with E-state index in [1.54, 1.807) is 24.3 Å². The second-order valence-corrected chi connectivity index (χ2v) is 6.47. The molecule has 3 rings (SSSR count). The number of amides is 1. The Morgan fingerprint density at radius 3 is 2.59 bits per heavy atom. The van der Waals surface area contributed by atoms with Gasteiger partial charge in [0.1, 0.15) is 0 Å². The lowest BCUT2D eigenvalue weighted by atomic mass is 10.1. The largest absolute Gasteiger partial charge is 0.288 e. The smallest absolute Gasteiger partial charge is 0.280 e. The summed E-state index contributed by atoms with van der Waals surface area (Å²) in [5.41, 5.74) is 0.130. The number of hydrogen-bond acceptors (Lipinski definition) is 6. The lowest BCUT2D eigenvalue weighted by molar-refractivity contribution is 0.101. The molecule has 0 saturated heterocycles. The van der Waals surface area contributed by atoms with Crippen molar-refractivity contribution in [2.45, 2.75) is 19.9 Å². The summed E-state index contributed by atoms with van der Waals surface area (Å²) < 4.78 is 2.51. The molecule has 0 radical (unpaired) electrons. The second kappa shape index (κ2) is 7.85. The number of rotatable bonds is 5. The molecule has 0 saturated carbocycles. The number of benzene rings is 1. The van der Waals surface area contributed by atoms with Crippen LogP contribution in [0.1, 0.15) is 23.8 Å². The quantitative estimate of drug-likeness (QED) is 0.695. The van der Waals surface area contributed by atoms with Crippen molar-refractivity contribution in [2.24, 2.45) is 7.05 Å². The Morgan fingerprint density at radius 2 is 1.93 bits per heavy atom. The molecule has 1 aromatic carbocycles. The zero-order chi connectivity index (χ0) is 19.6. The van der Waals surface area contributed by atoms with Crippen LogP contribution >= 0.6 is 23.2 Å². The number of carbonyl (C=O) groups excluding carboxylic acids is 1. The van der Waals surface area contributed by atoms with E-state index in [0.29, 0.717) is 17.1 Å². The first-order valence-corrected chi connectivity index (χ1v) is 8.78. The predicted molar refractivity (Wildman–Crippen MR) is 101 cm³/mol. The SMILES string of the molecule is CCCn1nnnc1NC(=O)c1nn(C)c(=O)c(-c2ccc(Cl)cc2)c1Cl. The van der Waals surface area contributed by atoms with Crippen LogP contribution in [-0.4, -0.2) is 35.9 Å². The highest BCUT2D eigenvalue weighted by molar-refractivity contribution is 6.36. The van der Waals surface area contributed by atoms with Crippen molar-refractivity contribution < 1.29 is 4.79 Å². The molecule has 0 fully saturated rings. The molecule has 0 aliphatic heterocycles. The summed E-state index contributed by atoms with van der Waals surface area (Å²) in [5.74, 6) is -0.459. The minimum Gasteiger partial charge on any atom is -0.288 e. The van der Waals surface area contributed by atoms with E-state index in [9.17, 15) is 9.59 Å². The maximum Gasteiger partial charge on any atom is 0.280 e. The summed E-state index contributed by atoms with van der Waals surface area (Å²) in [6.07, 6.45) is 0.785. The van der Waals surface area contributed by atoms with Crippen LogP contribution in [0.4, 0.5) is 5.95 Å². The number of carbonyl (C=O) groups is 1. The third kappa shape index (κ3) is 3.83. The molecule has 1 amide bonds. The van der Waals surface area contributed by atoms with Crippen molar-refractivity contribution in [3.8, 4) is 11.1 Å². The Kier molecular flexibility index (Phi) is 5.52. The third-order valence-corrected chi connectivity index (χ3v) is 4.35. The molecule has 140 valence electrons. The molecular weight excluding hydrogens is 393 g/mol. The molecule has 9 nitrogen and oxygen atoms in total. The lowest BCUT2D eigenvalue weighted by Crippen LogP contribution is -2.27. The van der Waals surface area contributed by atoms with Gasteiger partial charge in [-0.15, -0.1) is 0 Å². The van der Waals surface area contributed by atoms with E-state index in [0.717, 1.165) is 11.1 Å². The van der Waals surface area contributed by atoms with E-state index in [4.69, 9.17) is 23.2 Å². The first-order chi connectivity index (χ1) is 12.9. The van der Waals surface area contributed by atoms with Crippen LogP contribution in [0.2, 0.25) is 10.0 Å². The summed E-state index contributed by atoms with van der Waals surface area (Å²) in [6.45, 7) is 2.49. The molecule has 3 aromatic rings. The standard InChI is InChI=1S/C16H15Cl2N7O2/c1-3-8-25-16(20-22-23-25)19-14(26)13-12(18)11(15(27)24(2)21-13)9-4-6-10(17)7-5-9/h4-7H,3,8H2,1-2H3,(H,19,20,23,26). The number of tetrazole rings is 1. The molecule has 0 atom stereocenters. The molecule has 11 heteroatoms. The minimum atomic E-state index is -0.627. The first-order valence-electron chi connectivity index (χ1n) is 8.02. The van der Waals surface area contributed by atoms with Gasteiger partial charge >= 0.3 is 0 Å². The molecule has 0 aliphatic carbocycles. The molecule has 1 N–H and O–H groups in total. The molecule has 0 unspecified atom stereocenters. The number of aromatic nitrogens is 6. The Balaban J connectivity index is 2.03. The van der Waals surface area contributed by atoms with Gasteiger partial charge in [0.25, 0.3) is 11.5 Å². The van der Waals surface area contributed by atoms with Crippen LogP contribution in [0, 0.1) is 0 Å². The van der Waals surface area contributed by atoms with Crippen molar-refractivity contribution in [1.29, 1.82) is 0 Å². The van der Waals surface area contributed by atoms with Gasteiger partial charge < -0.3 is 0 Å². The van der Waals surface area contributed by atoms with Crippen molar-refractivity contribution in [3.63, 3.8) is 0 Å². The fraction of sp³-hybridized carbons (Fsp3) is 0.250. The number of nitrogens with one attached hydrogen (secondary N) is 1. The third-order valence-electron chi connectivity index (χ3n) is 3.73. The van der Waals surface area contributed by atoms with Crippen molar-refractivity contribution in [1.82, 2.24) is 30.0 Å². The van der Waals surface area contributed by atoms with Gasteiger partial charge in [0.05, 0.1) is 10.6 Å². The van der Waals surface area contributed by atoms with Crippen molar-refractivity contribution in [2.75, 3.05) is 5.32 Å². The Bertz CT molecular complexity index is 1040. The summed E-state index contributed by atoms with van der Waals surface area (Å²) >= 11 is 12.3. The summed E-state index contributed by atoms with van der Waals surface area (Å²) in [7, 11) is 1.44. The van der Waals surface area contributed by atoms with Crippen molar-refractivity contribution >= 4 is 35.1 Å². The summed E-state index contributed by atoms with van der Waals surface area (Å²) in [6, 6.07) is 6.56. The topological polar surface area (TPSA) is 108 Å². The van der Waals surface area contributed by atoms with Gasteiger partial charge in [0, 0.05) is 18.6 Å². The van der Waals surface area contributed by atoms with E-state index in [-0.39, 0.29) is 22.2 Å². The van der Waals surface area contributed by atoms with Gasteiger partial charge in [0.2, 0.25) is 5.95 Å². The molecule has 0 bridgehead atoms. The number of aryl methyl sites for hydroxylation is 2. The van der Waals surface area contributed by atoms with Crippen LogP contribution < -0.4 is 10.9 Å². The zero-order valence-corrected chi connectivity index (χ0v) is 16.0. The van der Waals surface area contributed by atoms with E-state index in [2.05, 4.69) is 25.9 Å². The first kappa shape index (κ1) is 19.0. The summed E-state index contributed by atoms with van der Waals surface area (Å²) in [5, 5.41) is 18.1.